The number of amides is 1. The number of rotatable bonds is 8. The maximum atomic E-state index is 12.0. The summed E-state index contributed by atoms with van der Waals surface area (Å²) >= 11 is 5.08. The van der Waals surface area contributed by atoms with E-state index in [2.05, 4.69) is 48.8 Å². The van der Waals surface area contributed by atoms with Crippen molar-refractivity contribution < 1.29 is 4.79 Å². The minimum atomic E-state index is -0.0567. The van der Waals surface area contributed by atoms with Gasteiger partial charge in [0.2, 0.25) is 0 Å². The van der Waals surface area contributed by atoms with Crippen molar-refractivity contribution in [2.75, 3.05) is 26.7 Å². The molecule has 0 aliphatic carbocycles. The maximum Gasteiger partial charge on any atom is 0.251 e. The molecule has 0 aliphatic rings. The molecule has 6 nitrogen and oxygen atoms in total. The molecule has 2 rings (SSSR count). The minimum Gasteiger partial charge on any atom is -0.356 e. The van der Waals surface area contributed by atoms with E-state index in [4.69, 9.17) is 0 Å². The molecule has 1 aromatic carbocycles. The van der Waals surface area contributed by atoms with E-state index in [9.17, 15) is 4.79 Å². The molecule has 140 valence electrons. The van der Waals surface area contributed by atoms with Gasteiger partial charge in [0.15, 0.2) is 5.96 Å². The highest BCUT2D eigenvalue weighted by Crippen LogP contribution is 2.11. The third kappa shape index (κ3) is 7.13. The first-order valence-electron chi connectivity index (χ1n) is 8.48. The van der Waals surface area contributed by atoms with Crippen LogP contribution >= 0.6 is 27.3 Å². The lowest BCUT2D eigenvalue weighted by atomic mass is 10.2. The standard InChI is InChI=1S/C18H24BrN5OS/c1-13-12-24-16(26-13)8-11-23-18(20-2)22-10-3-9-21-17(25)14-4-6-15(19)7-5-14/h4-7,12H,3,8-11H2,1-2H3,(H,21,25)(H2,20,22,23). The summed E-state index contributed by atoms with van der Waals surface area (Å²) in [6, 6.07) is 7.32. The predicted octanol–water partition coefficient (Wildman–Crippen LogP) is 2.74. The normalized spacial score (nSPS) is 11.3. The highest BCUT2D eigenvalue weighted by molar-refractivity contribution is 9.10. The van der Waals surface area contributed by atoms with Gasteiger partial charge in [0.05, 0.1) is 5.01 Å². The largest absolute Gasteiger partial charge is 0.356 e. The second-order valence-corrected chi connectivity index (χ2v) is 7.89. The number of nitrogens with zero attached hydrogens (tertiary/aromatic N) is 2. The van der Waals surface area contributed by atoms with Crippen LogP contribution in [0.5, 0.6) is 0 Å². The quantitative estimate of drug-likeness (QED) is 0.337. The summed E-state index contributed by atoms with van der Waals surface area (Å²) < 4.78 is 0.960. The Hall–Kier alpha value is -1.93. The number of aromatic nitrogens is 1. The fourth-order valence-electron chi connectivity index (χ4n) is 2.23. The molecule has 0 aliphatic heterocycles. The van der Waals surface area contributed by atoms with Gasteiger partial charge in [0.1, 0.15) is 0 Å². The number of nitrogens with one attached hydrogen (secondary N) is 3. The van der Waals surface area contributed by atoms with Crippen molar-refractivity contribution in [3.8, 4) is 0 Å². The smallest absolute Gasteiger partial charge is 0.251 e. The molecular formula is C18H24BrN5OS. The van der Waals surface area contributed by atoms with E-state index in [-0.39, 0.29) is 5.91 Å². The Labute approximate surface area is 166 Å². The van der Waals surface area contributed by atoms with Crippen molar-refractivity contribution in [1.29, 1.82) is 0 Å². The summed E-state index contributed by atoms with van der Waals surface area (Å²) in [6.45, 7) is 4.19. The summed E-state index contributed by atoms with van der Waals surface area (Å²) in [7, 11) is 1.75. The van der Waals surface area contributed by atoms with Crippen LogP contribution in [0.4, 0.5) is 0 Å². The third-order valence-corrected chi connectivity index (χ3v) is 5.06. The van der Waals surface area contributed by atoms with Crippen LogP contribution in [-0.2, 0) is 6.42 Å². The van der Waals surface area contributed by atoms with Crippen LogP contribution in [0.1, 0.15) is 26.7 Å². The van der Waals surface area contributed by atoms with E-state index >= 15 is 0 Å². The first-order valence-corrected chi connectivity index (χ1v) is 10.1. The number of hydrogen-bond acceptors (Lipinski definition) is 4. The fourth-order valence-corrected chi connectivity index (χ4v) is 3.28. The van der Waals surface area contributed by atoms with Crippen molar-refractivity contribution >= 4 is 39.1 Å². The Morgan fingerprint density at radius 1 is 1.15 bits per heavy atom. The van der Waals surface area contributed by atoms with E-state index in [0.29, 0.717) is 12.1 Å². The Balaban J connectivity index is 1.58. The average molecular weight is 438 g/mol. The van der Waals surface area contributed by atoms with E-state index in [1.165, 1.54) is 4.88 Å². The number of hydrogen-bond donors (Lipinski definition) is 3. The van der Waals surface area contributed by atoms with E-state index in [0.717, 1.165) is 41.4 Å². The van der Waals surface area contributed by atoms with Gasteiger partial charge in [0.25, 0.3) is 5.91 Å². The number of aliphatic imine (C=N–C) groups is 1. The number of thiazole rings is 1. The lowest BCUT2D eigenvalue weighted by Crippen LogP contribution is -2.39. The number of aryl methyl sites for hydroxylation is 1. The first kappa shape index (κ1) is 20.4. The zero-order valence-electron chi connectivity index (χ0n) is 15.0. The maximum absolute atomic E-state index is 12.0. The van der Waals surface area contributed by atoms with E-state index in [1.54, 1.807) is 30.5 Å². The van der Waals surface area contributed by atoms with Crippen molar-refractivity contribution in [1.82, 2.24) is 20.9 Å². The van der Waals surface area contributed by atoms with Gasteiger partial charge in [-0.2, -0.15) is 0 Å². The van der Waals surface area contributed by atoms with Crippen molar-refractivity contribution in [2.45, 2.75) is 19.8 Å². The van der Waals surface area contributed by atoms with Gasteiger partial charge in [-0.3, -0.25) is 9.79 Å². The molecule has 0 radical (unpaired) electrons. The van der Waals surface area contributed by atoms with Crippen LogP contribution in [0, 0.1) is 6.92 Å². The van der Waals surface area contributed by atoms with Gasteiger partial charge in [-0.1, -0.05) is 15.9 Å². The lowest BCUT2D eigenvalue weighted by Gasteiger charge is -2.11. The second kappa shape index (κ2) is 10.9. The molecule has 1 aromatic heterocycles. The number of carbonyl (C=O) groups excluding carboxylic acids is 1. The molecule has 1 heterocycles. The first-order chi connectivity index (χ1) is 12.6. The number of halogens is 1. The highest BCUT2D eigenvalue weighted by Gasteiger charge is 2.04. The molecule has 0 saturated carbocycles. The molecule has 8 heteroatoms. The Bertz CT molecular complexity index is 729. The van der Waals surface area contributed by atoms with Crippen molar-refractivity contribution in [3.05, 3.63) is 50.4 Å². The SMILES string of the molecule is CN=C(NCCCNC(=O)c1ccc(Br)cc1)NCCc1ncc(C)s1. The van der Waals surface area contributed by atoms with Gasteiger partial charge >= 0.3 is 0 Å². The lowest BCUT2D eigenvalue weighted by molar-refractivity contribution is 0.0953. The summed E-state index contributed by atoms with van der Waals surface area (Å²) in [6.07, 6.45) is 3.59. The van der Waals surface area contributed by atoms with Gasteiger partial charge in [0, 0.05) is 54.2 Å². The number of guanidine groups is 1. The molecule has 0 atom stereocenters. The van der Waals surface area contributed by atoms with Gasteiger partial charge in [-0.15, -0.1) is 11.3 Å². The molecule has 0 bridgehead atoms. The number of carbonyl (C=O) groups is 1. The van der Waals surface area contributed by atoms with E-state index < -0.39 is 0 Å². The third-order valence-electron chi connectivity index (χ3n) is 3.56. The summed E-state index contributed by atoms with van der Waals surface area (Å²) in [4.78, 5) is 21.8. The summed E-state index contributed by atoms with van der Waals surface area (Å²) in [5, 5.41) is 10.6. The van der Waals surface area contributed by atoms with Gasteiger partial charge in [-0.05, 0) is 37.6 Å². The summed E-state index contributed by atoms with van der Waals surface area (Å²) in [5.41, 5.74) is 0.663. The second-order valence-electron chi connectivity index (χ2n) is 5.66. The van der Waals surface area contributed by atoms with Crippen LogP contribution < -0.4 is 16.0 Å². The summed E-state index contributed by atoms with van der Waals surface area (Å²) in [5.74, 6) is 0.705. The molecule has 0 spiro atoms. The Morgan fingerprint density at radius 2 is 1.85 bits per heavy atom. The molecule has 26 heavy (non-hydrogen) atoms. The van der Waals surface area contributed by atoms with Gasteiger partial charge in [-0.25, -0.2) is 4.98 Å². The van der Waals surface area contributed by atoms with E-state index in [1.807, 2.05) is 18.3 Å². The zero-order valence-corrected chi connectivity index (χ0v) is 17.4. The van der Waals surface area contributed by atoms with Crippen LogP contribution in [0.15, 0.2) is 39.9 Å². The zero-order chi connectivity index (χ0) is 18.8. The van der Waals surface area contributed by atoms with Crippen LogP contribution in [-0.4, -0.2) is 43.5 Å². The average Bonchev–Trinajstić information content (AvgIpc) is 3.05. The van der Waals surface area contributed by atoms with Crippen LogP contribution in [0.3, 0.4) is 0 Å². The van der Waals surface area contributed by atoms with Crippen molar-refractivity contribution in [3.63, 3.8) is 0 Å². The minimum absolute atomic E-state index is 0.0567. The monoisotopic (exact) mass is 437 g/mol. The fraction of sp³-hybridized carbons (Fsp3) is 0.389. The molecule has 3 N–H and O–H groups in total. The Morgan fingerprint density at radius 3 is 2.50 bits per heavy atom. The predicted molar refractivity (Wildman–Crippen MR) is 111 cm³/mol. The highest BCUT2D eigenvalue weighted by atomic mass is 79.9. The molecule has 0 fully saturated rings. The topological polar surface area (TPSA) is 78.4 Å². The van der Waals surface area contributed by atoms with Crippen LogP contribution in [0.2, 0.25) is 0 Å². The molecular weight excluding hydrogens is 414 g/mol. The number of benzene rings is 1. The van der Waals surface area contributed by atoms with Crippen LogP contribution in [0.25, 0.3) is 0 Å². The van der Waals surface area contributed by atoms with Crippen molar-refractivity contribution in [2.24, 2.45) is 4.99 Å². The molecule has 1 amide bonds. The van der Waals surface area contributed by atoms with Gasteiger partial charge < -0.3 is 16.0 Å². The Kier molecular flexibility index (Phi) is 8.57. The molecule has 0 unspecified atom stereocenters. The molecule has 2 aromatic rings. The molecule has 0 saturated heterocycles.